The highest BCUT2D eigenvalue weighted by molar-refractivity contribution is 7.87. The van der Waals surface area contributed by atoms with Crippen molar-refractivity contribution in [2.45, 2.75) is 97.7 Å². The van der Waals surface area contributed by atoms with Gasteiger partial charge in [-0.1, -0.05) is 44.4 Å². The van der Waals surface area contributed by atoms with E-state index in [4.69, 9.17) is 4.74 Å². The summed E-state index contributed by atoms with van der Waals surface area (Å²) < 4.78 is 180. The van der Waals surface area contributed by atoms with Crippen LogP contribution in [0.2, 0.25) is 0 Å². The molecule has 0 radical (unpaired) electrons. The van der Waals surface area contributed by atoms with Gasteiger partial charge in [-0.3, -0.25) is 27.6 Å². The van der Waals surface area contributed by atoms with E-state index >= 15 is 0 Å². The van der Waals surface area contributed by atoms with Crippen LogP contribution in [0.25, 0.3) is 21.5 Å². The molecule has 2 aliphatic heterocycles. The zero-order valence-corrected chi connectivity index (χ0v) is 41.4. The fourth-order valence-electron chi connectivity index (χ4n) is 9.86. The highest BCUT2D eigenvalue weighted by atomic mass is 32.2. The molecule has 2 heterocycles. The topological polar surface area (TPSA) is 304 Å². The van der Waals surface area contributed by atoms with Gasteiger partial charge in [-0.25, -0.2) is 0 Å². The second-order valence-electron chi connectivity index (χ2n) is 17.3. The maximum atomic E-state index is 12.8. The standard InChI is InChI=1S/C44H52N2O17S5/c1-4-19-43(2)39(45(21-9-24-64(48,49)50)36-17-14-30-13-15-31(66(54,55)56)26-34(30)41(36)43)11-8-12-40-44(3,20-6-5-7-23-63-29-47)42-35-27-32(67(57,58)59)28-38(68(60,61)62)33(35)16-18-37(42)46(40)22-10-25-65(51,52)53/h8,11-18,26-29H,4-7,9-10,19-25H2,1-3H3,(H4-,48,49,50,51,52,53,54,55,56,57,58,59,60,61,62)/p+1. The first kappa shape index (κ1) is 52.7. The summed E-state index contributed by atoms with van der Waals surface area (Å²) >= 11 is 0. The van der Waals surface area contributed by atoms with Gasteiger partial charge in [0.05, 0.1) is 33.3 Å². The van der Waals surface area contributed by atoms with E-state index in [2.05, 4.69) is 0 Å². The number of benzene rings is 4. The molecule has 24 heteroatoms. The van der Waals surface area contributed by atoms with Crippen molar-refractivity contribution in [3.8, 4) is 0 Å². The van der Waals surface area contributed by atoms with Gasteiger partial charge < -0.3 is 9.64 Å². The lowest BCUT2D eigenvalue weighted by Gasteiger charge is -2.31. The van der Waals surface area contributed by atoms with E-state index in [-0.39, 0.29) is 54.6 Å². The highest BCUT2D eigenvalue weighted by Gasteiger charge is 2.49. The Labute approximate surface area is 396 Å². The number of hydrogen-bond donors (Lipinski definition) is 5. The third kappa shape index (κ3) is 11.2. The molecule has 0 aliphatic carbocycles. The van der Waals surface area contributed by atoms with Crippen LogP contribution in [0.15, 0.2) is 93.2 Å². The van der Waals surface area contributed by atoms with Gasteiger partial charge in [0.2, 0.25) is 5.69 Å². The summed E-state index contributed by atoms with van der Waals surface area (Å²) in [6, 6.07) is 12.4. The molecule has 4 aromatic carbocycles. The maximum Gasteiger partial charge on any atom is 0.295 e. The summed E-state index contributed by atoms with van der Waals surface area (Å²) in [7, 11) is -23.7. The molecule has 0 fully saturated rings. The van der Waals surface area contributed by atoms with Crippen molar-refractivity contribution in [3.63, 3.8) is 0 Å². The third-order valence-corrected chi connectivity index (χ3v) is 16.8. The number of unbranched alkanes of at least 4 members (excludes halogenated alkanes) is 2. The molecule has 0 bridgehead atoms. The quantitative estimate of drug-likeness (QED) is 0.0246. The van der Waals surface area contributed by atoms with Crippen molar-refractivity contribution in [2.24, 2.45) is 0 Å². The zero-order chi connectivity index (χ0) is 50.3. The van der Waals surface area contributed by atoms with E-state index in [1.807, 2.05) is 31.4 Å². The molecular formula is C44H53N2O17S5+. The molecule has 2 atom stereocenters. The minimum atomic E-state index is -5.11. The van der Waals surface area contributed by atoms with Crippen LogP contribution in [-0.2, 0) is 71.0 Å². The molecule has 370 valence electrons. The smallest absolute Gasteiger partial charge is 0.295 e. The number of nitrogens with zero attached hydrogens (tertiary/aromatic N) is 2. The molecule has 2 unspecified atom stereocenters. The summed E-state index contributed by atoms with van der Waals surface area (Å²) in [6.07, 6.45) is 7.85. The predicted octanol–water partition coefficient (Wildman–Crippen LogP) is 6.40. The van der Waals surface area contributed by atoms with Crippen LogP contribution in [-0.4, -0.2) is 113 Å². The summed E-state index contributed by atoms with van der Waals surface area (Å²) in [6.45, 7) is 6.16. The first-order chi connectivity index (χ1) is 31.5. The fourth-order valence-corrected chi connectivity index (χ4v) is 12.7. The van der Waals surface area contributed by atoms with Crippen molar-refractivity contribution in [2.75, 3.05) is 36.1 Å². The van der Waals surface area contributed by atoms with Crippen LogP contribution in [0.1, 0.15) is 83.3 Å². The van der Waals surface area contributed by atoms with Crippen LogP contribution in [0.5, 0.6) is 0 Å². The van der Waals surface area contributed by atoms with Gasteiger partial charge in [0, 0.05) is 52.9 Å². The minimum absolute atomic E-state index is 0.0288. The normalized spacial score (nSPS) is 19.7. The van der Waals surface area contributed by atoms with Crippen molar-refractivity contribution in [1.29, 1.82) is 0 Å². The lowest BCUT2D eigenvalue weighted by molar-refractivity contribution is -0.437. The van der Waals surface area contributed by atoms with Crippen LogP contribution >= 0.6 is 0 Å². The lowest BCUT2D eigenvalue weighted by atomic mass is 9.74. The Kier molecular flexibility index (Phi) is 15.2. The van der Waals surface area contributed by atoms with Gasteiger partial charge in [-0.05, 0) is 104 Å². The van der Waals surface area contributed by atoms with Gasteiger partial charge in [0.15, 0.2) is 5.71 Å². The van der Waals surface area contributed by atoms with Gasteiger partial charge in [-0.15, -0.1) is 0 Å². The second-order valence-corrected chi connectivity index (χ2v) is 24.7. The second kappa shape index (κ2) is 19.6. The van der Waals surface area contributed by atoms with Gasteiger partial charge in [-0.2, -0.15) is 46.7 Å². The molecule has 0 spiro atoms. The highest BCUT2D eigenvalue weighted by Crippen LogP contribution is 2.55. The molecule has 0 saturated heterocycles. The Morgan fingerprint density at radius 3 is 1.93 bits per heavy atom. The first-order valence-electron chi connectivity index (χ1n) is 21.4. The Balaban J connectivity index is 1.63. The van der Waals surface area contributed by atoms with Crippen molar-refractivity contribution in [3.05, 3.63) is 89.6 Å². The number of hydrogen-bond acceptors (Lipinski definition) is 13. The predicted molar refractivity (Wildman–Crippen MR) is 254 cm³/mol. The number of anilines is 1. The lowest BCUT2D eigenvalue weighted by Crippen LogP contribution is -2.32. The minimum Gasteiger partial charge on any atom is -0.468 e. The number of allylic oxidation sites excluding steroid dienone is 4. The maximum absolute atomic E-state index is 12.8. The fraction of sp³-hybridized carbons (Fsp3) is 0.409. The van der Waals surface area contributed by atoms with E-state index < -0.39 is 82.7 Å². The molecule has 0 saturated carbocycles. The molecular weight excluding hydrogens is 989 g/mol. The Bertz CT molecular complexity index is 3350. The Hall–Kier alpha value is -4.63. The molecule has 68 heavy (non-hydrogen) atoms. The number of carbonyl (C=O) groups is 1. The van der Waals surface area contributed by atoms with Crippen LogP contribution in [0, 0.1) is 0 Å². The first-order valence-corrected chi connectivity index (χ1v) is 29.0. The van der Waals surface area contributed by atoms with Crippen molar-refractivity contribution < 1.29 is 79.0 Å². The monoisotopic (exact) mass is 1040 g/mol. The number of carbonyl (C=O) groups excluding carboxylic acids is 1. The SMILES string of the molecule is CCCC1(C)C(/C=C/C=C2/N(CCCS(=O)(=O)O)c3ccc4c(S(=O)(=O)O)cc(S(=O)(=O)O)cc4c3C2(C)CCCCCOC=O)=[N+](CCCS(=O)(=O)O)c2ccc3ccc(S(=O)(=O)O)cc3c21. The summed E-state index contributed by atoms with van der Waals surface area (Å²) in [5, 5.41) is 1.11. The molecule has 4 aromatic rings. The summed E-state index contributed by atoms with van der Waals surface area (Å²) in [4.78, 5) is 10.6. The molecule has 0 amide bonds. The molecule has 0 aromatic heterocycles. The van der Waals surface area contributed by atoms with E-state index in [0.717, 1.165) is 6.07 Å². The van der Waals surface area contributed by atoms with E-state index in [1.165, 1.54) is 24.3 Å². The zero-order valence-electron chi connectivity index (χ0n) is 37.3. The van der Waals surface area contributed by atoms with Crippen LogP contribution < -0.4 is 4.90 Å². The van der Waals surface area contributed by atoms with E-state index in [9.17, 15) is 69.6 Å². The van der Waals surface area contributed by atoms with Crippen LogP contribution in [0.4, 0.5) is 11.4 Å². The molecule has 19 nitrogen and oxygen atoms in total. The van der Waals surface area contributed by atoms with Gasteiger partial charge in [0.25, 0.3) is 57.1 Å². The number of ether oxygens (including phenoxy) is 1. The third-order valence-electron chi connectivity index (χ3n) is 12.6. The van der Waals surface area contributed by atoms with E-state index in [1.54, 1.807) is 35.3 Å². The summed E-state index contributed by atoms with van der Waals surface area (Å²) in [5.41, 5.74) is 1.11. The summed E-state index contributed by atoms with van der Waals surface area (Å²) in [5.74, 6) is -1.23. The van der Waals surface area contributed by atoms with Gasteiger partial charge >= 0.3 is 0 Å². The molecule has 6 rings (SSSR count). The molecule has 5 N–H and O–H groups in total. The van der Waals surface area contributed by atoms with Crippen molar-refractivity contribution >= 4 is 95.7 Å². The van der Waals surface area contributed by atoms with Crippen molar-refractivity contribution in [1.82, 2.24) is 0 Å². The van der Waals surface area contributed by atoms with Crippen LogP contribution in [0.3, 0.4) is 0 Å². The Morgan fingerprint density at radius 2 is 1.31 bits per heavy atom. The molecule has 2 aliphatic rings. The number of rotatable bonds is 22. The Morgan fingerprint density at radius 1 is 0.662 bits per heavy atom. The number of fused-ring (bicyclic) bond motifs is 6. The largest absolute Gasteiger partial charge is 0.468 e. The average molecular weight is 1040 g/mol. The average Bonchev–Trinajstić information content (AvgIpc) is 3.60. The van der Waals surface area contributed by atoms with E-state index in [0.29, 0.717) is 89.3 Å². The van der Waals surface area contributed by atoms with Gasteiger partial charge in [0.1, 0.15) is 11.4 Å².